The molecule has 0 aromatic heterocycles. The second-order valence-electron chi connectivity index (χ2n) is 8.01. The van der Waals surface area contributed by atoms with Crippen LogP contribution in [0, 0.1) is 11.8 Å². The Labute approximate surface area is 184 Å². The van der Waals surface area contributed by atoms with Crippen molar-refractivity contribution in [1.29, 1.82) is 0 Å². The van der Waals surface area contributed by atoms with E-state index < -0.39 is 0 Å². The molecule has 2 aromatic carbocycles. The standard InChI is InChI=1S/C23H27ClN2O2.ClH/c1-25-13-18-14-26(22(27)11-6-16-4-3-5-19(24)12-16)15-21(18)23(25)17-7-9-20(28-2)10-8-17;/h3-5,7-10,12,18,21,23H,6,11,13-15H2,1-2H3;1H/t18-,21+,23-;/m0./s1. The Morgan fingerprint density at radius 3 is 2.59 bits per heavy atom. The summed E-state index contributed by atoms with van der Waals surface area (Å²) in [4.78, 5) is 17.3. The number of carbonyl (C=O) groups is 1. The largest absolute Gasteiger partial charge is 0.497 e. The zero-order valence-electron chi connectivity index (χ0n) is 16.9. The van der Waals surface area contributed by atoms with Gasteiger partial charge < -0.3 is 9.64 Å². The molecule has 0 N–H and O–H groups in total. The maximum absolute atomic E-state index is 12.8. The van der Waals surface area contributed by atoms with Crippen molar-refractivity contribution in [3.8, 4) is 5.75 Å². The molecule has 0 radical (unpaired) electrons. The topological polar surface area (TPSA) is 32.8 Å². The van der Waals surface area contributed by atoms with Gasteiger partial charge in [0.2, 0.25) is 5.91 Å². The van der Waals surface area contributed by atoms with Crippen molar-refractivity contribution in [2.45, 2.75) is 18.9 Å². The van der Waals surface area contributed by atoms with E-state index in [1.807, 2.05) is 36.4 Å². The van der Waals surface area contributed by atoms with Crippen LogP contribution < -0.4 is 4.74 Å². The van der Waals surface area contributed by atoms with E-state index in [9.17, 15) is 4.79 Å². The van der Waals surface area contributed by atoms with Crippen LogP contribution in [0.3, 0.4) is 0 Å². The molecule has 156 valence electrons. The zero-order chi connectivity index (χ0) is 19.7. The molecule has 2 fully saturated rings. The Morgan fingerprint density at radius 2 is 1.90 bits per heavy atom. The number of hydrogen-bond acceptors (Lipinski definition) is 3. The van der Waals surface area contributed by atoms with Crippen LogP contribution in [0.4, 0.5) is 0 Å². The first-order valence-corrected chi connectivity index (χ1v) is 10.3. The van der Waals surface area contributed by atoms with E-state index in [2.05, 4.69) is 29.0 Å². The summed E-state index contributed by atoms with van der Waals surface area (Å²) >= 11 is 6.05. The SMILES string of the molecule is COc1ccc([C@H]2[C@@H]3CN(C(=O)CCc4cccc(Cl)c4)C[C@@H]3CN2C)cc1.Cl. The molecule has 0 saturated carbocycles. The number of halogens is 2. The zero-order valence-corrected chi connectivity index (χ0v) is 18.5. The highest BCUT2D eigenvalue weighted by molar-refractivity contribution is 6.30. The Bertz CT molecular complexity index is 843. The van der Waals surface area contributed by atoms with Gasteiger partial charge in [0.1, 0.15) is 5.75 Å². The van der Waals surface area contributed by atoms with Crippen LogP contribution in [0.25, 0.3) is 0 Å². The molecule has 4 nitrogen and oxygen atoms in total. The van der Waals surface area contributed by atoms with Gasteiger partial charge in [0, 0.05) is 43.0 Å². The molecule has 2 heterocycles. The highest BCUT2D eigenvalue weighted by Gasteiger charge is 2.47. The van der Waals surface area contributed by atoms with Gasteiger partial charge in [-0.2, -0.15) is 0 Å². The van der Waals surface area contributed by atoms with Crippen LogP contribution in [-0.4, -0.2) is 49.5 Å². The molecular formula is C23H28Cl2N2O2. The van der Waals surface area contributed by atoms with Crippen LogP contribution in [0.5, 0.6) is 5.75 Å². The number of ether oxygens (including phenoxy) is 1. The first-order valence-electron chi connectivity index (χ1n) is 9.91. The van der Waals surface area contributed by atoms with Crippen molar-refractivity contribution >= 4 is 29.9 Å². The third kappa shape index (κ3) is 4.71. The van der Waals surface area contributed by atoms with Gasteiger partial charge in [0.05, 0.1) is 7.11 Å². The summed E-state index contributed by atoms with van der Waals surface area (Å²) in [5.74, 6) is 2.18. The van der Waals surface area contributed by atoms with Crippen molar-refractivity contribution in [2.75, 3.05) is 33.8 Å². The number of likely N-dealkylation sites (tertiary alicyclic amines) is 2. The van der Waals surface area contributed by atoms with E-state index >= 15 is 0 Å². The lowest BCUT2D eigenvalue weighted by atomic mass is 9.89. The van der Waals surface area contributed by atoms with Crippen LogP contribution in [0.15, 0.2) is 48.5 Å². The molecule has 2 aliphatic rings. The summed E-state index contributed by atoms with van der Waals surface area (Å²) in [6.45, 7) is 2.76. The van der Waals surface area contributed by atoms with Crippen LogP contribution in [0.1, 0.15) is 23.6 Å². The molecule has 3 atom stereocenters. The average molecular weight is 435 g/mol. The molecule has 6 heteroatoms. The number of methoxy groups -OCH3 is 1. The van der Waals surface area contributed by atoms with Gasteiger partial charge in [0.15, 0.2) is 0 Å². The number of hydrogen-bond donors (Lipinski definition) is 0. The van der Waals surface area contributed by atoms with E-state index in [4.69, 9.17) is 16.3 Å². The molecule has 0 aliphatic carbocycles. The van der Waals surface area contributed by atoms with E-state index in [0.29, 0.717) is 24.3 Å². The van der Waals surface area contributed by atoms with Gasteiger partial charge in [0.25, 0.3) is 0 Å². The number of rotatable bonds is 5. The van der Waals surface area contributed by atoms with E-state index in [-0.39, 0.29) is 18.3 Å². The molecule has 0 unspecified atom stereocenters. The molecule has 2 aliphatic heterocycles. The molecule has 0 spiro atoms. The number of nitrogens with zero attached hydrogens (tertiary/aromatic N) is 2. The number of fused-ring (bicyclic) bond motifs is 1. The molecule has 0 bridgehead atoms. The van der Waals surface area contributed by atoms with Gasteiger partial charge in [-0.1, -0.05) is 35.9 Å². The molecule has 29 heavy (non-hydrogen) atoms. The van der Waals surface area contributed by atoms with Crippen molar-refractivity contribution in [3.05, 3.63) is 64.7 Å². The third-order valence-electron chi connectivity index (χ3n) is 6.22. The van der Waals surface area contributed by atoms with Crippen molar-refractivity contribution in [2.24, 2.45) is 11.8 Å². The van der Waals surface area contributed by atoms with Gasteiger partial charge in [-0.05, 0) is 54.8 Å². The van der Waals surface area contributed by atoms with Gasteiger partial charge >= 0.3 is 0 Å². The summed E-state index contributed by atoms with van der Waals surface area (Å²) in [5.41, 5.74) is 2.43. The highest BCUT2D eigenvalue weighted by Crippen LogP contribution is 2.44. The smallest absolute Gasteiger partial charge is 0.222 e. The first kappa shape index (κ1) is 21.9. The van der Waals surface area contributed by atoms with Gasteiger partial charge in [-0.15, -0.1) is 12.4 Å². The first-order chi connectivity index (χ1) is 13.5. The van der Waals surface area contributed by atoms with E-state index in [1.54, 1.807) is 7.11 Å². The lowest BCUT2D eigenvalue weighted by molar-refractivity contribution is -0.130. The summed E-state index contributed by atoms with van der Waals surface area (Å²) in [5, 5.41) is 0.728. The lowest BCUT2D eigenvalue weighted by Gasteiger charge is -2.27. The minimum Gasteiger partial charge on any atom is -0.497 e. The fraction of sp³-hybridized carbons (Fsp3) is 0.435. The van der Waals surface area contributed by atoms with Crippen molar-refractivity contribution in [1.82, 2.24) is 9.80 Å². The number of aryl methyl sites for hydroxylation is 1. The quantitative estimate of drug-likeness (QED) is 0.695. The third-order valence-corrected chi connectivity index (χ3v) is 6.46. The van der Waals surface area contributed by atoms with Crippen molar-refractivity contribution < 1.29 is 9.53 Å². The number of amides is 1. The monoisotopic (exact) mass is 434 g/mol. The second-order valence-corrected chi connectivity index (χ2v) is 8.45. The predicted octanol–water partition coefficient (Wildman–Crippen LogP) is 4.46. The number of carbonyl (C=O) groups excluding carboxylic acids is 1. The number of benzene rings is 2. The summed E-state index contributed by atoms with van der Waals surface area (Å²) in [7, 11) is 3.88. The van der Waals surface area contributed by atoms with E-state index in [1.165, 1.54) is 5.56 Å². The van der Waals surface area contributed by atoms with Gasteiger partial charge in [-0.25, -0.2) is 0 Å². The molecule has 2 saturated heterocycles. The molecular weight excluding hydrogens is 407 g/mol. The fourth-order valence-corrected chi connectivity index (χ4v) is 5.08. The minimum absolute atomic E-state index is 0. The summed E-state index contributed by atoms with van der Waals surface area (Å²) in [6, 6.07) is 16.5. The van der Waals surface area contributed by atoms with Crippen LogP contribution in [0.2, 0.25) is 5.02 Å². The average Bonchev–Trinajstić information content (AvgIpc) is 3.23. The van der Waals surface area contributed by atoms with E-state index in [0.717, 1.165) is 42.4 Å². The van der Waals surface area contributed by atoms with Crippen LogP contribution >= 0.6 is 24.0 Å². The Balaban J connectivity index is 0.00000240. The Kier molecular flexibility index (Phi) is 7.10. The summed E-state index contributed by atoms with van der Waals surface area (Å²) < 4.78 is 5.29. The predicted molar refractivity (Wildman–Crippen MR) is 119 cm³/mol. The Hall–Kier alpha value is -1.75. The Morgan fingerprint density at radius 1 is 1.14 bits per heavy atom. The normalized spacial score (nSPS) is 23.6. The minimum atomic E-state index is 0. The van der Waals surface area contributed by atoms with Gasteiger partial charge in [-0.3, -0.25) is 9.69 Å². The summed E-state index contributed by atoms with van der Waals surface area (Å²) in [6.07, 6.45) is 1.29. The molecule has 4 rings (SSSR count). The maximum Gasteiger partial charge on any atom is 0.222 e. The van der Waals surface area contributed by atoms with Crippen molar-refractivity contribution in [3.63, 3.8) is 0 Å². The molecule has 2 aromatic rings. The second kappa shape index (κ2) is 9.38. The molecule has 1 amide bonds. The highest BCUT2D eigenvalue weighted by atomic mass is 35.5. The fourth-order valence-electron chi connectivity index (χ4n) is 4.87. The van der Waals surface area contributed by atoms with Crippen LogP contribution in [-0.2, 0) is 11.2 Å². The maximum atomic E-state index is 12.8. The lowest BCUT2D eigenvalue weighted by Crippen LogP contribution is -2.33.